The van der Waals surface area contributed by atoms with Crippen LogP contribution >= 0.6 is 0 Å². The standard InChI is InChI=1S/C15H31NO2Si/c1-5-13(3)19(18,14(4)6-2)12-8-11-16-10-7-9-15(16)17/h13-14,18H,5-12H2,1-4H3. The number of hydrogen-bond acceptors (Lipinski definition) is 2. The summed E-state index contributed by atoms with van der Waals surface area (Å²) in [5, 5.41) is 0. The number of nitrogens with zero attached hydrogens (tertiary/aromatic N) is 1. The highest BCUT2D eigenvalue weighted by molar-refractivity contribution is 6.75. The Morgan fingerprint density at radius 2 is 1.84 bits per heavy atom. The van der Waals surface area contributed by atoms with Gasteiger partial charge in [-0.2, -0.15) is 0 Å². The summed E-state index contributed by atoms with van der Waals surface area (Å²) in [6.45, 7) is 10.5. The normalized spacial score (nSPS) is 22.4. The molecule has 0 aromatic carbocycles. The molecular formula is C15H31NO2Si. The molecular weight excluding hydrogens is 254 g/mol. The molecule has 0 radical (unpaired) electrons. The molecule has 1 N–H and O–H groups in total. The second-order valence-corrected chi connectivity index (χ2v) is 10.7. The molecule has 2 atom stereocenters. The van der Waals surface area contributed by atoms with Crippen molar-refractivity contribution in [1.82, 2.24) is 4.90 Å². The van der Waals surface area contributed by atoms with E-state index in [0.717, 1.165) is 51.2 Å². The van der Waals surface area contributed by atoms with E-state index in [4.69, 9.17) is 0 Å². The number of hydrogen-bond donors (Lipinski definition) is 1. The van der Waals surface area contributed by atoms with E-state index < -0.39 is 8.32 Å². The fourth-order valence-electron chi connectivity index (χ4n) is 3.18. The number of carbonyl (C=O) groups excluding carboxylic acids is 1. The van der Waals surface area contributed by atoms with Gasteiger partial charge in [0.1, 0.15) is 0 Å². The summed E-state index contributed by atoms with van der Waals surface area (Å²) in [5.74, 6) is 0.303. The van der Waals surface area contributed by atoms with Crippen molar-refractivity contribution in [3.8, 4) is 0 Å². The lowest BCUT2D eigenvalue weighted by atomic mass is 10.3. The predicted octanol–water partition coefficient (Wildman–Crippen LogP) is 3.54. The Kier molecular flexibility index (Phi) is 6.53. The first-order chi connectivity index (χ1) is 8.95. The Balaban J connectivity index is 2.51. The molecule has 2 unspecified atom stereocenters. The molecule has 1 rings (SSSR count). The Bertz CT molecular complexity index is 286. The van der Waals surface area contributed by atoms with Crippen LogP contribution in [-0.2, 0) is 4.79 Å². The van der Waals surface area contributed by atoms with Gasteiger partial charge in [-0.3, -0.25) is 4.79 Å². The van der Waals surface area contributed by atoms with Gasteiger partial charge in [0.2, 0.25) is 5.91 Å². The van der Waals surface area contributed by atoms with Crippen molar-refractivity contribution in [1.29, 1.82) is 0 Å². The second kappa shape index (κ2) is 7.43. The average Bonchev–Trinajstić information content (AvgIpc) is 2.82. The first-order valence-corrected chi connectivity index (χ1v) is 10.3. The Morgan fingerprint density at radius 3 is 2.26 bits per heavy atom. The van der Waals surface area contributed by atoms with Crippen molar-refractivity contribution >= 4 is 14.2 Å². The molecule has 1 saturated heterocycles. The van der Waals surface area contributed by atoms with Gasteiger partial charge < -0.3 is 9.70 Å². The fourth-order valence-corrected chi connectivity index (χ4v) is 7.27. The highest BCUT2D eigenvalue weighted by Crippen LogP contribution is 2.38. The van der Waals surface area contributed by atoms with Crippen LogP contribution in [-0.4, -0.2) is 37.0 Å². The number of carbonyl (C=O) groups is 1. The fraction of sp³-hybridized carbons (Fsp3) is 0.933. The van der Waals surface area contributed by atoms with Crippen molar-refractivity contribution in [2.75, 3.05) is 13.1 Å². The minimum Gasteiger partial charge on any atom is -0.431 e. The van der Waals surface area contributed by atoms with Gasteiger partial charge in [-0.15, -0.1) is 0 Å². The van der Waals surface area contributed by atoms with E-state index in [-0.39, 0.29) is 0 Å². The lowest BCUT2D eigenvalue weighted by Crippen LogP contribution is -2.43. The molecule has 0 aromatic heterocycles. The molecule has 1 aliphatic rings. The Hall–Kier alpha value is -0.353. The van der Waals surface area contributed by atoms with Gasteiger partial charge in [-0.05, 0) is 30.0 Å². The van der Waals surface area contributed by atoms with Crippen LogP contribution in [0.5, 0.6) is 0 Å². The van der Waals surface area contributed by atoms with Crippen LogP contribution in [0.1, 0.15) is 59.8 Å². The molecule has 0 aliphatic carbocycles. The van der Waals surface area contributed by atoms with Gasteiger partial charge in [0.15, 0.2) is 8.32 Å². The number of amides is 1. The quantitative estimate of drug-likeness (QED) is 0.693. The molecule has 0 aromatic rings. The van der Waals surface area contributed by atoms with E-state index >= 15 is 0 Å². The number of rotatable bonds is 8. The highest BCUT2D eigenvalue weighted by atomic mass is 28.4. The van der Waals surface area contributed by atoms with Gasteiger partial charge in [-0.25, -0.2) is 0 Å². The van der Waals surface area contributed by atoms with Crippen molar-refractivity contribution in [2.45, 2.75) is 76.9 Å². The predicted molar refractivity (Wildman–Crippen MR) is 82.6 cm³/mol. The largest absolute Gasteiger partial charge is 0.431 e. The van der Waals surface area contributed by atoms with Crippen LogP contribution in [0.15, 0.2) is 0 Å². The molecule has 4 heteroatoms. The second-order valence-electron chi connectivity index (χ2n) is 6.20. The zero-order valence-electron chi connectivity index (χ0n) is 13.1. The third-order valence-electron chi connectivity index (χ3n) is 5.11. The van der Waals surface area contributed by atoms with Crippen LogP contribution in [0.2, 0.25) is 17.1 Å². The third-order valence-corrected chi connectivity index (χ3v) is 10.5. The summed E-state index contributed by atoms with van der Waals surface area (Å²) in [6, 6.07) is 0.945. The van der Waals surface area contributed by atoms with Gasteiger partial charge in [0, 0.05) is 19.5 Å². The minimum absolute atomic E-state index is 0.303. The maximum absolute atomic E-state index is 11.6. The highest BCUT2D eigenvalue weighted by Gasteiger charge is 2.40. The minimum atomic E-state index is -2.19. The maximum atomic E-state index is 11.6. The maximum Gasteiger partial charge on any atom is 0.222 e. The van der Waals surface area contributed by atoms with Crippen LogP contribution in [0.25, 0.3) is 0 Å². The summed E-state index contributed by atoms with van der Waals surface area (Å²) in [6.07, 6.45) is 4.84. The molecule has 0 saturated carbocycles. The van der Waals surface area contributed by atoms with E-state index in [1.54, 1.807) is 0 Å². The van der Waals surface area contributed by atoms with Crippen LogP contribution in [0.3, 0.4) is 0 Å². The van der Waals surface area contributed by atoms with Crippen molar-refractivity contribution < 1.29 is 9.59 Å². The van der Waals surface area contributed by atoms with E-state index in [0.29, 0.717) is 17.0 Å². The summed E-state index contributed by atoms with van der Waals surface area (Å²) < 4.78 is 0. The first kappa shape index (κ1) is 16.7. The summed E-state index contributed by atoms with van der Waals surface area (Å²) >= 11 is 0. The van der Waals surface area contributed by atoms with Gasteiger partial charge in [0.05, 0.1) is 0 Å². The zero-order valence-corrected chi connectivity index (χ0v) is 14.1. The smallest absolute Gasteiger partial charge is 0.222 e. The molecule has 1 amide bonds. The molecule has 112 valence electrons. The topological polar surface area (TPSA) is 40.5 Å². The van der Waals surface area contributed by atoms with Crippen LogP contribution in [0.4, 0.5) is 0 Å². The van der Waals surface area contributed by atoms with E-state index in [1.807, 2.05) is 4.90 Å². The average molecular weight is 286 g/mol. The summed E-state index contributed by atoms with van der Waals surface area (Å²) in [5.41, 5.74) is 0.911. The molecule has 1 heterocycles. The number of likely N-dealkylation sites (tertiary alicyclic amines) is 1. The van der Waals surface area contributed by atoms with Crippen molar-refractivity contribution in [3.63, 3.8) is 0 Å². The zero-order chi connectivity index (χ0) is 14.5. The summed E-state index contributed by atoms with van der Waals surface area (Å²) in [4.78, 5) is 24.7. The third kappa shape index (κ3) is 4.05. The molecule has 0 bridgehead atoms. The van der Waals surface area contributed by atoms with Crippen molar-refractivity contribution in [2.24, 2.45) is 0 Å². The van der Waals surface area contributed by atoms with Gasteiger partial charge in [-0.1, -0.05) is 40.5 Å². The molecule has 1 fully saturated rings. The van der Waals surface area contributed by atoms with Crippen molar-refractivity contribution in [3.05, 3.63) is 0 Å². The Morgan fingerprint density at radius 1 is 1.26 bits per heavy atom. The molecule has 1 aliphatic heterocycles. The van der Waals surface area contributed by atoms with E-state index in [9.17, 15) is 9.59 Å². The first-order valence-electron chi connectivity index (χ1n) is 7.95. The lowest BCUT2D eigenvalue weighted by molar-refractivity contribution is -0.127. The van der Waals surface area contributed by atoms with E-state index in [2.05, 4.69) is 27.7 Å². The van der Waals surface area contributed by atoms with E-state index in [1.165, 1.54) is 0 Å². The molecule has 3 nitrogen and oxygen atoms in total. The SMILES string of the molecule is CCC(C)[Si](O)(CCCN1CCCC1=O)C(C)CC. The van der Waals surface area contributed by atoms with Crippen LogP contribution in [0, 0.1) is 0 Å². The van der Waals surface area contributed by atoms with Gasteiger partial charge in [0.25, 0.3) is 0 Å². The summed E-state index contributed by atoms with van der Waals surface area (Å²) in [7, 11) is -2.19. The molecule has 19 heavy (non-hydrogen) atoms. The van der Waals surface area contributed by atoms with Crippen LogP contribution < -0.4 is 0 Å². The Labute approximate surface area is 119 Å². The monoisotopic (exact) mass is 285 g/mol. The lowest BCUT2D eigenvalue weighted by Gasteiger charge is -2.36. The molecule has 0 spiro atoms. The van der Waals surface area contributed by atoms with Gasteiger partial charge >= 0.3 is 0 Å².